The van der Waals surface area contributed by atoms with Gasteiger partial charge in [0.1, 0.15) is 12.1 Å². The van der Waals surface area contributed by atoms with E-state index in [4.69, 9.17) is 10.5 Å². The van der Waals surface area contributed by atoms with Crippen LogP contribution in [0.5, 0.6) is 0 Å². The van der Waals surface area contributed by atoms with Gasteiger partial charge in [-0.15, -0.1) is 5.11 Å². The monoisotopic (exact) mass is 361 g/mol. The van der Waals surface area contributed by atoms with Crippen LogP contribution in [0.4, 0.5) is 5.69 Å². The number of carbonyl (C=O) groups is 1. The van der Waals surface area contributed by atoms with Crippen molar-refractivity contribution in [2.45, 2.75) is 18.7 Å². The van der Waals surface area contributed by atoms with E-state index in [-0.39, 0.29) is 10.6 Å². The Morgan fingerprint density at radius 2 is 1.88 bits per heavy atom. The fourth-order valence-corrected chi connectivity index (χ4v) is 3.33. The molecule has 25 heavy (non-hydrogen) atoms. The summed E-state index contributed by atoms with van der Waals surface area (Å²) < 4.78 is 26.2. The van der Waals surface area contributed by atoms with Gasteiger partial charge in [-0.3, -0.25) is 4.79 Å². The molecule has 0 aliphatic heterocycles. The Hall–Kier alpha value is -3.08. The zero-order chi connectivity index (χ0) is 19.0. The lowest BCUT2D eigenvalue weighted by molar-refractivity contribution is -0.110. The van der Waals surface area contributed by atoms with Crippen molar-refractivity contribution in [1.29, 1.82) is 10.5 Å². The van der Waals surface area contributed by atoms with Gasteiger partial charge < -0.3 is 5.11 Å². The lowest BCUT2D eigenvalue weighted by atomic mass is 10.3. The van der Waals surface area contributed by atoms with Gasteiger partial charge in [-0.25, -0.2) is 8.42 Å². The smallest absolute Gasteiger partial charge is 0.286 e. The first-order chi connectivity index (χ1) is 11.8. The van der Waals surface area contributed by atoms with Crippen LogP contribution in [0, 0.1) is 22.7 Å². The number of aliphatic hydroxyl groups is 1. The maximum atomic E-state index is 12.5. The van der Waals surface area contributed by atoms with Crippen molar-refractivity contribution < 1.29 is 18.3 Å². The molecule has 0 saturated carbocycles. The van der Waals surface area contributed by atoms with Crippen LogP contribution in [0.25, 0.3) is 0 Å². The highest BCUT2D eigenvalue weighted by Gasteiger charge is 2.21. The van der Waals surface area contributed by atoms with Crippen molar-refractivity contribution in [3.8, 4) is 12.1 Å². The molecule has 0 fully saturated rings. The number of carbonyl (C=O) groups excluding carboxylic acids is 1. The van der Waals surface area contributed by atoms with Crippen LogP contribution >= 0.6 is 0 Å². The van der Waals surface area contributed by atoms with Gasteiger partial charge in [0.15, 0.2) is 5.70 Å². The summed E-state index contributed by atoms with van der Waals surface area (Å²) in [5.74, 6) is -2.29. The fourth-order valence-electron chi connectivity index (χ4n) is 1.83. The molecule has 0 unspecified atom stereocenters. The Labute approximate surface area is 145 Å². The molecule has 1 aromatic carbocycles. The second kappa shape index (κ2) is 8.68. The molecule has 0 radical (unpaired) electrons. The Morgan fingerprint density at radius 3 is 2.40 bits per heavy atom. The van der Waals surface area contributed by atoms with Crippen LogP contribution in [-0.4, -0.2) is 36.7 Å². The lowest BCUT2D eigenvalue weighted by Crippen LogP contribution is -2.30. The van der Waals surface area contributed by atoms with E-state index in [1.165, 1.54) is 40.7 Å². The molecule has 0 saturated heterocycles. The summed E-state index contributed by atoms with van der Waals surface area (Å²) >= 11 is 0. The normalized spacial score (nSPS) is 12.5. The summed E-state index contributed by atoms with van der Waals surface area (Å²) in [5, 5.41) is 33.5. The third-order valence-corrected chi connectivity index (χ3v) is 5.12. The summed E-state index contributed by atoms with van der Waals surface area (Å²) in [6.07, 6.45) is 0. The average Bonchev–Trinajstić information content (AvgIpc) is 2.62. The van der Waals surface area contributed by atoms with E-state index in [2.05, 4.69) is 10.2 Å². The van der Waals surface area contributed by atoms with Crippen LogP contribution in [0.2, 0.25) is 0 Å². The number of rotatable bonds is 7. The molecule has 0 aromatic heterocycles. The number of benzene rings is 1. The molecule has 0 atom stereocenters. The first kappa shape index (κ1) is 20.0. The molecular weight excluding hydrogens is 346 g/mol. The fraction of sp³-hybridized carbons (Fsp3) is 0.267. The molecule has 0 heterocycles. The van der Waals surface area contributed by atoms with Crippen molar-refractivity contribution in [2.75, 3.05) is 13.1 Å². The van der Waals surface area contributed by atoms with E-state index in [0.29, 0.717) is 13.1 Å². The summed E-state index contributed by atoms with van der Waals surface area (Å²) in [7, 11) is -3.71. The van der Waals surface area contributed by atoms with Crippen molar-refractivity contribution in [3.63, 3.8) is 0 Å². The van der Waals surface area contributed by atoms with Crippen molar-refractivity contribution in [3.05, 3.63) is 35.7 Å². The van der Waals surface area contributed by atoms with Gasteiger partial charge in [0.2, 0.25) is 15.8 Å². The molecule has 1 aromatic rings. The zero-order valence-corrected chi connectivity index (χ0v) is 14.4. The Balaban J connectivity index is 3.30. The van der Waals surface area contributed by atoms with Crippen LogP contribution in [0.15, 0.2) is 50.8 Å². The molecule has 0 spiro atoms. The number of ketones is 1. The minimum Gasteiger partial charge on any atom is -0.498 e. The topological polar surface area (TPSA) is 147 Å². The maximum absolute atomic E-state index is 12.5. The molecule has 0 aliphatic carbocycles. The van der Waals surface area contributed by atoms with Crippen LogP contribution in [0.1, 0.15) is 13.8 Å². The predicted molar refractivity (Wildman–Crippen MR) is 87.0 cm³/mol. The zero-order valence-electron chi connectivity index (χ0n) is 13.5. The van der Waals surface area contributed by atoms with Crippen molar-refractivity contribution in [1.82, 2.24) is 4.31 Å². The quantitative estimate of drug-likeness (QED) is 0.196. The van der Waals surface area contributed by atoms with E-state index < -0.39 is 27.3 Å². The minimum absolute atomic E-state index is 0.0192. The van der Waals surface area contributed by atoms with Crippen LogP contribution < -0.4 is 0 Å². The van der Waals surface area contributed by atoms with Gasteiger partial charge in [0.25, 0.3) is 5.78 Å². The number of nitrogens with zero attached hydrogens (tertiary/aromatic N) is 5. The first-order valence-electron chi connectivity index (χ1n) is 7.11. The summed E-state index contributed by atoms with van der Waals surface area (Å²) in [5.41, 5.74) is -0.746. The highest BCUT2D eigenvalue weighted by molar-refractivity contribution is 7.89. The first-order valence-corrected chi connectivity index (χ1v) is 8.55. The van der Waals surface area contributed by atoms with E-state index >= 15 is 0 Å². The van der Waals surface area contributed by atoms with Crippen molar-refractivity contribution in [2.24, 2.45) is 10.2 Å². The molecule has 130 valence electrons. The Bertz CT molecular complexity index is 903. The molecular formula is C15H15N5O4S. The number of azo groups is 1. The highest BCUT2D eigenvalue weighted by Crippen LogP contribution is 2.22. The van der Waals surface area contributed by atoms with E-state index in [0.717, 1.165) is 0 Å². The summed E-state index contributed by atoms with van der Waals surface area (Å²) in [6, 6.07) is 7.98. The van der Waals surface area contributed by atoms with Crippen LogP contribution in [0.3, 0.4) is 0 Å². The Morgan fingerprint density at radius 1 is 1.24 bits per heavy atom. The van der Waals surface area contributed by atoms with Crippen LogP contribution in [-0.2, 0) is 14.8 Å². The Kier molecular flexibility index (Phi) is 6.93. The average molecular weight is 361 g/mol. The lowest BCUT2D eigenvalue weighted by Gasteiger charge is -2.18. The molecule has 1 N–H and O–H groups in total. The van der Waals surface area contributed by atoms with Crippen molar-refractivity contribution >= 4 is 21.5 Å². The van der Waals surface area contributed by atoms with Gasteiger partial charge in [0, 0.05) is 13.1 Å². The minimum atomic E-state index is -3.71. The van der Waals surface area contributed by atoms with Gasteiger partial charge in [0.05, 0.1) is 10.6 Å². The molecule has 0 bridgehead atoms. The number of hydrogen-bond donors (Lipinski definition) is 1. The van der Waals surface area contributed by atoms with Gasteiger partial charge >= 0.3 is 0 Å². The maximum Gasteiger partial charge on any atom is 0.286 e. The third kappa shape index (κ3) is 4.70. The van der Waals surface area contributed by atoms with E-state index in [1.807, 2.05) is 0 Å². The summed E-state index contributed by atoms with van der Waals surface area (Å²) in [6.45, 7) is 4.01. The number of sulfonamides is 1. The second-order valence-electron chi connectivity index (χ2n) is 4.54. The second-order valence-corrected chi connectivity index (χ2v) is 6.47. The van der Waals surface area contributed by atoms with Gasteiger partial charge in [-0.2, -0.15) is 19.9 Å². The molecule has 0 aliphatic rings. The third-order valence-electron chi connectivity index (χ3n) is 3.07. The highest BCUT2D eigenvalue weighted by atomic mass is 32.2. The molecule has 10 heteroatoms. The van der Waals surface area contributed by atoms with E-state index in [1.54, 1.807) is 13.8 Å². The van der Waals surface area contributed by atoms with Gasteiger partial charge in [-0.05, 0) is 18.2 Å². The standard InChI is InChI=1S/C15H15N5O4S/c1-3-20(4-2)25(23,24)12-7-5-6-11(8-12)18-19-15(13(21)9-16)14(22)10-17/h5-8,21H,3-4H2,1-2H3/b15-13-,19-18?. The SMILES string of the molecule is CCN(CC)S(=O)(=O)c1cccc(N=N/C(C(=O)C#N)=C(\O)C#N)c1. The molecule has 9 nitrogen and oxygen atoms in total. The number of allylic oxidation sites excluding steroid dienone is 2. The summed E-state index contributed by atoms with van der Waals surface area (Å²) in [4.78, 5) is 11.3. The molecule has 0 amide bonds. The largest absolute Gasteiger partial charge is 0.498 e. The number of Topliss-reactive ketones (excluding diaryl/α,β-unsaturated/α-hetero) is 1. The number of hydrogen-bond acceptors (Lipinski definition) is 8. The number of nitriles is 2. The molecule has 1 rings (SSSR count). The predicted octanol–water partition coefficient (Wildman–Crippen LogP) is 2.19. The number of aliphatic hydroxyl groups excluding tert-OH is 1. The van der Waals surface area contributed by atoms with E-state index in [9.17, 15) is 18.3 Å². The van der Waals surface area contributed by atoms with Gasteiger partial charge in [-0.1, -0.05) is 19.9 Å².